The molecule has 0 saturated carbocycles. The van der Waals surface area contributed by atoms with Crippen molar-refractivity contribution in [3.05, 3.63) is 66.2 Å². The van der Waals surface area contributed by atoms with E-state index >= 15 is 0 Å². The van der Waals surface area contributed by atoms with Crippen LogP contribution < -0.4 is 5.32 Å². The molecule has 1 atom stereocenters. The molecule has 1 saturated heterocycles. The van der Waals surface area contributed by atoms with E-state index in [0.717, 1.165) is 37.2 Å². The number of likely N-dealkylation sites (N-methyl/N-ethyl adjacent to an activating group) is 1. The molecule has 1 aliphatic heterocycles. The van der Waals surface area contributed by atoms with E-state index in [-0.39, 0.29) is 23.8 Å². The van der Waals surface area contributed by atoms with Gasteiger partial charge in [0.1, 0.15) is 6.04 Å². The van der Waals surface area contributed by atoms with Crippen LogP contribution in [0.3, 0.4) is 0 Å². The molecule has 5 nitrogen and oxygen atoms in total. The molecule has 3 rings (SSSR count). The molecule has 2 aromatic carbocycles. The highest BCUT2D eigenvalue weighted by atomic mass is 16.2. The largest absolute Gasteiger partial charge is 0.347 e. The molecule has 0 aliphatic carbocycles. The summed E-state index contributed by atoms with van der Waals surface area (Å²) < 4.78 is 0. The number of nitrogens with zero attached hydrogens (tertiary/aromatic N) is 2. The Labute approximate surface area is 161 Å². The van der Waals surface area contributed by atoms with E-state index in [1.807, 2.05) is 60.7 Å². The van der Waals surface area contributed by atoms with Gasteiger partial charge in [0.2, 0.25) is 11.8 Å². The number of amides is 2. The van der Waals surface area contributed by atoms with Crippen LogP contribution in [0.5, 0.6) is 0 Å². The van der Waals surface area contributed by atoms with Gasteiger partial charge in [-0.1, -0.05) is 48.5 Å². The number of para-hydroxylation sites is 1. The first kappa shape index (κ1) is 19.1. The molecule has 0 spiro atoms. The van der Waals surface area contributed by atoms with Crippen LogP contribution in [0.15, 0.2) is 60.7 Å². The van der Waals surface area contributed by atoms with Crippen molar-refractivity contribution < 1.29 is 9.59 Å². The zero-order valence-electron chi connectivity index (χ0n) is 16.0. The smallest absolute Gasteiger partial charge is 0.244 e. The predicted octanol–water partition coefficient (Wildman–Crippen LogP) is 3.17. The molecular formula is C22H27N3O2. The first-order valence-corrected chi connectivity index (χ1v) is 9.42. The number of hydrogen-bond donors (Lipinski definition) is 1. The van der Waals surface area contributed by atoms with Crippen LogP contribution in [0.2, 0.25) is 0 Å². The molecule has 142 valence electrons. The van der Waals surface area contributed by atoms with Crippen LogP contribution >= 0.6 is 0 Å². The molecule has 2 aromatic rings. The van der Waals surface area contributed by atoms with Crippen molar-refractivity contribution >= 4 is 17.5 Å². The van der Waals surface area contributed by atoms with Crippen molar-refractivity contribution in [1.29, 1.82) is 0 Å². The van der Waals surface area contributed by atoms with Crippen molar-refractivity contribution in [3.8, 4) is 0 Å². The van der Waals surface area contributed by atoms with E-state index in [9.17, 15) is 9.59 Å². The Morgan fingerprint density at radius 2 is 1.52 bits per heavy atom. The first-order chi connectivity index (χ1) is 13.1. The minimum absolute atomic E-state index is 0.0210. The van der Waals surface area contributed by atoms with E-state index in [4.69, 9.17) is 0 Å². The van der Waals surface area contributed by atoms with E-state index in [0.29, 0.717) is 0 Å². The summed E-state index contributed by atoms with van der Waals surface area (Å²) >= 11 is 0. The number of benzene rings is 2. The minimum Gasteiger partial charge on any atom is -0.347 e. The number of carbonyl (C=O) groups excluding carboxylic acids is 2. The molecule has 2 amide bonds. The Bertz CT molecular complexity index is 754. The molecule has 1 N–H and O–H groups in total. The summed E-state index contributed by atoms with van der Waals surface area (Å²) in [6.07, 6.45) is 1.51. The molecule has 1 fully saturated rings. The summed E-state index contributed by atoms with van der Waals surface area (Å²) in [5.41, 5.74) is 1.83. The van der Waals surface area contributed by atoms with Gasteiger partial charge in [-0.25, -0.2) is 0 Å². The molecule has 1 heterocycles. The number of nitrogens with one attached hydrogen (secondary N) is 1. The number of carbonyl (C=O) groups is 2. The van der Waals surface area contributed by atoms with E-state index in [1.54, 1.807) is 19.0 Å². The second-order valence-corrected chi connectivity index (χ2v) is 7.21. The van der Waals surface area contributed by atoms with Gasteiger partial charge >= 0.3 is 0 Å². The standard InChI is InChI=1S/C22H27N3O2/c1-24(2)22(27)20(17-9-5-3-6-10-17)25-15-13-18(14-16-25)21(26)23-19-11-7-4-8-12-19/h3-12,18,20H,13-16H2,1-2H3,(H,23,26)/t20-/m0/s1. The van der Waals surface area contributed by atoms with Gasteiger partial charge < -0.3 is 10.2 Å². The van der Waals surface area contributed by atoms with Crippen LogP contribution in [-0.2, 0) is 9.59 Å². The molecular weight excluding hydrogens is 338 g/mol. The fraction of sp³-hybridized carbons (Fsp3) is 0.364. The highest BCUT2D eigenvalue weighted by Crippen LogP contribution is 2.29. The Kier molecular flexibility index (Phi) is 6.24. The van der Waals surface area contributed by atoms with Crippen molar-refractivity contribution in [1.82, 2.24) is 9.80 Å². The zero-order valence-corrected chi connectivity index (χ0v) is 16.0. The summed E-state index contributed by atoms with van der Waals surface area (Å²) in [5, 5.41) is 3.00. The quantitative estimate of drug-likeness (QED) is 0.885. The van der Waals surface area contributed by atoms with Gasteiger partial charge in [0.25, 0.3) is 0 Å². The monoisotopic (exact) mass is 365 g/mol. The van der Waals surface area contributed by atoms with Crippen LogP contribution in [0.4, 0.5) is 5.69 Å². The number of piperidine rings is 1. The van der Waals surface area contributed by atoms with Gasteiger partial charge in [0.15, 0.2) is 0 Å². The molecule has 27 heavy (non-hydrogen) atoms. The van der Waals surface area contributed by atoms with Gasteiger partial charge in [0, 0.05) is 25.7 Å². The Morgan fingerprint density at radius 3 is 2.07 bits per heavy atom. The average molecular weight is 365 g/mol. The fourth-order valence-electron chi connectivity index (χ4n) is 3.58. The van der Waals surface area contributed by atoms with E-state index < -0.39 is 0 Å². The maximum Gasteiger partial charge on any atom is 0.244 e. The number of hydrogen-bond acceptors (Lipinski definition) is 3. The third-order valence-corrected chi connectivity index (χ3v) is 5.10. The fourth-order valence-corrected chi connectivity index (χ4v) is 3.58. The summed E-state index contributed by atoms with van der Waals surface area (Å²) in [7, 11) is 3.58. The number of rotatable bonds is 5. The normalized spacial score (nSPS) is 16.5. The van der Waals surface area contributed by atoms with Crippen molar-refractivity contribution in [2.45, 2.75) is 18.9 Å². The summed E-state index contributed by atoms with van der Waals surface area (Å²) in [5.74, 6) is 0.122. The van der Waals surface area contributed by atoms with Crippen molar-refractivity contribution in [2.75, 3.05) is 32.5 Å². The van der Waals surface area contributed by atoms with Gasteiger partial charge in [-0.3, -0.25) is 14.5 Å². The SMILES string of the molecule is CN(C)C(=O)[C@H](c1ccccc1)N1CCC(C(=O)Nc2ccccc2)CC1. The number of anilines is 1. The minimum atomic E-state index is -0.292. The lowest BCUT2D eigenvalue weighted by Gasteiger charge is -2.37. The molecule has 0 bridgehead atoms. The van der Waals surface area contributed by atoms with Gasteiger partial charge in [-0.2, -0.15) is 0 Å². The summed E-state index contributed by atoms with van der Waals surface area (Å²) in [6, 6.07) is 19.1. The second-order valence-electron chi connectivity index (χ2n) is 7.21. The molecule has 0 aromatic heterocycles. The number of likely N-dealkylation sites (tertiary alicyclic amines) is 1. The van der Waals surface area contributed by atoms with Gasteiger partial charge in [-0.05, 0) is 43.6 Å². The maximum atomic E-state index is 12.8. The predicted molar refractivity (Wildman–Crippen MR) is 107 cm³/mol. The lowest BCUT2D eigenvalue weighted by molar-refractivity contribution is -0.135. The highest BCUT2D eigenvalue weighted by Gasteiger charge is 2.33. The van der Waals surface area contributed by atoms with Crippen molar-refractivity contribution in [2.24, 2.45) is 5.92 Å². The zero-order chi connectivity index (χ0) is 19.2. The second kappa shape index (κ2) is 8.82. The Morgan fingerprint density at radius 1 is 0.963 bits per heavy atom. The summed E-state index contributed by atoms with van der Waals surface area (Å²) in [4.78, 5) is 29.2. The third kappa shape index (κ3) is 4.74. The third-order valence-electron chi connectivity index (χ3n) is 5.10. The molecule has 5 heteroatoms. The van der Waals surface area contributed by atoms with E-state index in [2.05, 4.69) is 10.2 Å². The van der Waals surface area contributed by atoms with Gasteiger partial charge in [0.05, 0.1) is 0 Å². The lowest BCUT2D eigenvalue weighted by Crippen LogP contribution is -2.45. The van der Waals surface area contributed by atoms with Gasteiger partial charge in [-0.15, -0.1) is 0 Å². The molecule has 0 radical (unpaired) electrons. The van der Waals surface area contributed by atoms with Crippen LogP contribution in [-0.4, -0.2) is 48.8 Å². The van der Waals surface area contributed by atoms with Crippen molar-refractivity contribution in [3.63, 3.8) is 0 Å². The Hall–Kier alpha value is -2.66. The molecule has 1 aliphatic rings. The highest BCUT2D eigenvalue weighted by molar-refractivity contribution is 5.92. The Balaban J connectivity index is 1.65. The topological polar surface area (TPSA) is 52.7 Å². The van der Waals surface area contributed by atoms with Crippen LogP contribution in [0.25, 0.3) is 0 Å². The van der Waals surface area contributed by atoms with E-state index in [1.165, 1.54) is 0 Å². The summed E-state index contributed by atoms with van der Waals surface area (Å²) in [6.45, 7) is 1.46. The average Bonchev–Trinajstić information content (AvgIpc) is 2.70. The van der Waals surface area contributed by atoms with Crippen LogP contribution in [0.1, 0.15) is 24.4 Å². The first-order valence-electron chi connectivity index (χ1n) is 9.42. The molecule has 0 unspecified atom stereocenters. The lowest BCUT2D eigenvalue weighted by atomic mass is 9.93. The van der Waals surface area contributed by atoms with Crippen LogP contribution in [0, 0.1) is 5.92 Å². The maximum absolute atomic E-state index is 12.8.